The van der Waals surface area contributed by atoms with Crippen LogP contribution in [0.4, 0.5) is 0 Å². The summed E-state index contributed by atoms with van der Waals surface area (Å²) in [5.41, 5.74) is 0. The number of hydrogen-bond donors (Lipinski definition) is 1. The summed E-state index contributed by atoms with van der Waals surface area (Å²) in [6.45, 7) is 10.4. The maximum atomic E-state index is 3.40. The molecule has 1 saturated heterocycles. The van der Waals surface area contributed by atoms with Gasteiger partial charge in [-0.25, -0.2) is 0 Å². The molecule has 0 bridgehead atoms. The van der Waals surface area contributed by atoms with Crippen LogP contribution in [0, 0.1) is 0 Å². The maximum Gasteiger partial charge on any atom is 0.0195 e. The molecule has 1 aliphatic heterocycles. The second kappa shape index (κ2) is 4.07. The minimum absolute atomic E-state index is 0.721. The van der Waals surface area contributed by atoms with Crippen molar-refractivity contribution < 1.29 is 0 Å². The maximum absolute atomic E-state index is 3.40. The summed E-state index contributed by atoms with van der Waals surface area (Å²) in [5.74, 6) is 0. The van der Waals surface area contributed by atoms with Gasteiger partial charge >= 0.3 is 0 Å². The van der Waals surface area contributed by atoms with E-state index in [2.05, 4.69) is 31.0 Å². The Morgan fingerprint density at radius 1 is 1.64 bits per heavy atom. The first-order valence-corrected chi connectivity index (χ1v) is 4.72. The van der Waals surface area contributed by atoms with Gasteiger partial charge in [0.2, 0.25) is 0 Å². The van der Waals surface area contributed by atoms with Gasteiger partial charge in [-0.3, -0.25) is 4.90 Å². The molecule has 0 spiro atoms. The van der Waals surface area contributed by atoms with Gasteiger partial charge in [0.15, 0.2) is 0 Å². The summed E-state index contributed by atoms with van der Waals surface area (Å²) in [4.78, 5) is 2.59. The van der Waals surface area contributed by atoms with E-state index >= 15 is 0 Å². The highest BCUT2D eigenvalue weighted by Crippen LogP contribution is 2.09. The Balaban J connectivity index is 2.40. The van der Waals surface area contributed by atoms with Crippen molar-refractivity contribution in [2.75, 3.05) is 19.6 Å². The molecule has 0 aromatic carbocycles. The summed E-state index contributed by atoms with van der Waals surface area (Å²) in [6, 6.07) is 1.48. The fourth-order valence-electron chi connectivity index (χ4n) is 1.75. The van der Waals surface area contributed by atoms with Gasteiger partial charge in [0.1, 0.15) is 0 Å². The molecule has 1 N–H and O–H groups in total. The zero-order chi connectivity index (χ0) is 8.27. The van der Waals surface area contributed by atoms with Gasteiger partial charge in [0.05, 0.1) is 0 Å². The molecule has 1 fully saturated rings. The van der Waals surface area contributed by atoms with Crippen LogP contribution in [0.1, 0.15) is 27.2 Å². The first kappa shape index (κ1) is 9.01. The predicted octanol–water partition coefficient (Wildman–Crippen LogP) is 1.08. The van der Waals surface area contributed by atoms with Gasteiger partial charge in [0.25, 0.3) is 0 Å². The number of nitrogens with one attached hydrogen (secondary N) is 1. The largest absolute Gasteiger partial charge is 0.314 e. The van der Waals surface area contributed by atoms with Crippen molar-refractivity contribution >= 4 is 0 Å². The fourth-order valence-corrected chi connectivity index (χ4v) is 1.75. The summed E-state index contributed by atoms with van der Waals surface area (Å²) in [5, 5.41) is 3.40. The highest BCUT2D eigenvalue weighted by atomic mass is 15.2. The SMILES string of the molecule is CC[C@@H](C)N1CCNC[C@H]1C. The Bertz CT molecular complexity index is 110. The average Bonchev–Trinajstić information content (AvgIpc) is 2.04. The topological polar surface area (TPSA) is 15.3 Å². The highest BCUT2D eigenvalue weighted by molar-refractivity contribution is 4.79. The Morgan fingerprint density at radius 3 is 2.91 bits per heavy atom. The van der Waals surface area contributed by atoms with E-state index < -0.39 is 0 Å². The van der Waals surface area contributed by atoms with Crippen molar-refractivity contribution in [3.8, 4) is 0 Å². The number of nitrogens with zero attached hydrogens (tertiary/aromatic N) is 1. The van der Waals surface area contributed by atoms with Gasteiger partial charge in [-0.15, -0.1) is 0 Å². The van der Waals surface area contributed by atoms with Crippen molar-refractivity contribution in [3.63, 3.8) is 0 Å². The average molecular weight is 156 g/mol. The molecule has 0 amide bonds. The molecule has 2 atom stereocenters. The molecule has 0 aromatic heterocycles. The van der Waals surface area contributed by atoms with Crippen LogP contribution in [0.25, 0.3) is 0 Å². The third-order valence-electron chi connectivity index (χ3n) is 2.71. The molecule has 1 rings (SSSR count). The Morgan fingerprint density at radius 2 is 2.36 bits per heavy atom. The smallest absolute Gasteiger partial charge is 0.0195 e. The van der Waals surface area contributed by atoms with E-state index in [1.165, 1.54) is 13.0 Å². The first-order chi connectivity index (χ1) is 5.25. The van der Waals surface area contributed by atoms with Crippen LogP contribution in [0.15, 0.2) is 0 Å². The Hall–Kier alpha value is -0.0800. The van der Waals surface area contributed by atoms with Crippen molar-refractivity contribution in [1.29, 1.82) is 0 Å². The van der Waals surface area contributed by atoms with Crippen LogP contribution in [0.5, 0.6) is 0 Å². The van der Waals surface area contributed by atoms with Crippen LogP contribution in [-0.2, 0) is 0 Å². The van der Waals surface area contributed by atoms with Gasteiger partial charge in [-0.1, -0.05) is 6.92 Å². The van der Waals surface area contributed by atoms with Gasteiger partial charge < -0.3 is 5.32 Å². The van der Waals surface area contributed by atoms with Crippen molar-refractivity contribution in [2.45, 2.75) is 39.3 Å². The molecule has 0 aromatic rings. The molecule has 66 valence electrons. The molecule has 1 aliphatic rings. The first-order valence-electron chi connectivity index (χ1n) is 4.72. The van der Waals surface area contributed by atoms with Gasteiger partial charge in [0, 0.05) is 31.7 Å². The minimum Gasteiger partial charge on any atom is -0.314 e. The van der Waals surface area contributed by atoms with E-state index in [1.54, 1.807) is 0 Å². The molecular weight excluding hydrogens is 136 g/mol. The lowest BCUT2D eigenvalue weighted by Crippen LogP contribution is -2.52. The summed E-state index contributed by atoms with van der Waals surface area (Å²) in [7, 11) is 0. The summed E-state index contributed by atoms with van der Waals surface area (Å²) < 4.78 is 0. The van der Waals surface area contributed by atoms with Gasteiger partial charge in [-0.2, -0.15) is 0 Å². The van der Waals surface area contributed by atoms with Crippen LogP contribution in [0.2, 0.25) is 0 Å². The zero-order valence-corrected chi connectivity index (χ0v) is 7.93. The van der Waals surface area contributed by atoms with E-state index in [1.807, 2.05) is 0 Å². The second-order valence-electron chi connectivity index (χ2n) is 3.55. The predicted molar refractivity (Wildman–Crippen MR) is 48.8 cm³/mol. The fraction of sp³-hybridized carbons (Fsp3) is 1.00. The highest BCUT2D eigenvalue weighted by Gasteiger charge is 2.20. The zero-order valence-electron chi connectivity index (χ0n) is 7.93. The lowest BCUT2D eigenvalue weighted by molar-refractivity contribution is 0.123. The quantitative estimate of drug-likeness (QED) is 0.643. The minimum atomic E-state index is 0.721. The molecule has 0 radical (unpaired) electrons. The lowest BCUT2D eigenvalue weighted by atomic mass is 10.1. The monoisotopic (exact) mass is 156 g/mol. The Kier molecular flexibility index (Phi) is 3.34. The van der Waals surface area contributed by atoms with Crippen LogP contribution in [-0.4, -0.2) is 36.6 Å². The summed E-state index contributed by atoms with van der Waals surface area (Å²) >= 11 is 0. The molecule has 0 unspecified atom stereocenters. The Labute approximate surface area is 70.0 Å². The van der Waals surface area contributed by atoms with Crippen LogP contribution >= 0.6 is 0 Å². The normalized spacial score (nSPS) is 30.3. The van der Waals surface area contributed by atoms with E-state index in [9.17, 15) is 0 Å². The van der Waals surface area contributed by atoms with E-state index in [0.29, 0.717) is 0 Å². The third-order valence-corrected chi connectivity index (χ3v) is 2.71. The molecule has 11 heavy (non-hydrogen) atoms. The number of piperazine rings is 1. The third kappa shape index (κ3) is 2.17. The number of rotatable bonds is 2. The van der Waals surface area contributed by atoms with E-state index in [-0.39, 0.29) is 0 Å². The molecule has 2 nitrogen and oxygen atoms in total. The van der Waals surface area contributed by atoms with E-state index in [0.717, 1.165) is 25.2 Å². The molecule has 0 saturated carbocycles. The number of hydrogen-bond acceptors (Lipinski definition) is 2. The molecular formula is C9H20N2. The molecule has 0 aliphatic carbocycles. The van der Waals surface area contributed by atoms with Gasteiger partial charge in [-0.05, 0) is 20.3 Å². The molecule has 2 heteroatoms. The summed E-state index contributed by atoms with van der Waals surface area (Å²) in [6.07, 6.45) is 1.27. The van der Waals surface area contributed by atoms with Crippen molar-refractivity contribution in [2.24, 2.45) is 0 Å². The van der Waals surface area contributed by atoms with Crippen LogP contribution < -0.4 is 5.32 Å². The second-order valence-corrected chi connectivity index (χ2v) is 3.55. The lowest BCUT2D eigenvalue weighted by Gasteiger charge is -2.38. The molecule has 1 heterocycles. The van der Waals surface area contributed by atoms with E-state index in [4.69, 9.17) is 0 Å². The van der Waals surface area contributed by atoms with Crippen molar-refractivity contribution in [3.05, 3.63) is 0 Å². The van der Waals surface area contributed by atoms with Crippen LogP contribution in [0.3, 0.4) is 0 Å². The van der Waals surface area contributed by atoms with Crippen molar-refractivity contribution in [1.82, 2.24) is 10.2 Å². The standard InChI is InChI=1S/C9H20N2/c1-4-8(2)11-6-5-10-7-9(11)3/h8-10H,4-7H2,1-3H3/t8-,9-/m1/s1.